The Morgan fingerprint density at radius 1 is 1.20 bits per heavy atom. The Bertz CT molecular complexity index is 694. The van der Waals surface area contributed by atoms with Crippen molar-refractivity contribution < 1.29 is 9.18 Å². The van der Waals surface area contributed by atoms with Crippen LogP contribution in [-0.2, 0) is 0 Å². The van der Waals surface area contributed by atoms with Gasteiger partial charge < -0.3 is 10.7 Å². The van der Waals surface area contributed by atoms with Crippen molar-refractivity contribution in [2.24, 2.45) is 5.84 Å². The molecule has 0 aliphatic heterocycles. The molecular formula is C14H11FN4O. The van der Waals surface area contributed by atoms with E-state index in [-0.39, 0.29) is 11.3 Å². The van der Waals surface area contributed by atoms with E-state index in [9.17, 15) is 9.18 Å². The van der Waals surface area contributed by atoms with Crippen molar-refractivity contribution in [3.63, 3.8) is 0 Å². The summed E-state index contributed by atoms with van der Waals surface area (Å²) in [6.07, 6.45) is 0. The number of rotatable bonds is 3. The first-order chi connectivity index (χ1) is 9.65. The Balaban J connectivity index is 2.26. The molecule has 0 bridgehead atoms. The summed E-state index contributed by atoms with van der Waals surface area (Å²) in [4.78, 5) is 12.1. The topological polar surface area (TPSA) is 90.9 Å². The average molecular weight is 270 g/mol. The molecule has 0 saturated carbocycles. The van der Waals surface area contributed by atoms with Crippen molar-refractivity contribution in [2.75, 3.05) is 10.7 Å². The van der Waals surface area contributed by atoms with Crippen LogP contribution < -0.4 is 16.6 Å². The summed E-state index contributed by atoms with van der Waals surface area (Å²) in [7, 11) is 0. The van der Waals surface area contributed by atoms with Crippen LogP contribution >= 0.6 is 0 Å². The Hall–Kier alpha value is -2.91. The first kappa shape index (κ1) is 13.5. The molecule has 0 aliphatic carbocycles. The summed E-state index contributed by atoms with van der Waals surface area (Å²) in [6, 6.07) is 12.2. The number of nitriles is 1. The van der Waals surface area contributed by atoms with Gasteiger partial charge in [-0.05, 0) is 30.3 Å². The summed E-state index contributed by atoms with van der Waals surface area (Å²) in [5, 5.41) is 11.1. The fourth-order valence-corrected chi connectivity index (χ4v) is 1.68. The molecule has 2 aromatic rings. The number of nitrogens with one attached hydrogen (secondary N) is 2. The number of hydrogen-bond acceptors (Lipinski definition) is 4. The highest BCUT2D eigenvalue weighted by molar-refractivity contribution is 6.08. The van der Waals surface area contributed by atoms with E-state index in [4.69, 9.17) is 11.1 Å². The third-order valence-electron chi connectivity index (χ3n) is 2.67. The first-order valence-electron chi connectivity index (χ1n) is 5.72. The average Bonchev–Trinajstić information content (AvgIpc) is 2.49. The Morgan fingerprint density at radius 3 is 2.60 bits per heavy atom. The SMILES string of the molecule is N#Cc1ccc(NC(=O)c2ccccc2NN)c(F)c1. The molecule has 20 heavy (non-hydrogen) atoms. The Labute approximate surface area is 114 Å². The highest BCUT2D eigenvalue weighted by atomic mass is 19.1. The number of benzene rings is 2. The zero-order valence-electron chi connectivity index (χ0n) is 10.4. The van der Waals surface area contributed by atoms with Gasteiger partial charge in [0.25, 0.3) is 5.91 Å². The van der Waals surface area contributed by atoms with Crippen LogP contribution in [0.5, 0.6) is 0 Å². The van der Waals surface area contributed by atoms with E-state index in [2.05, 4.69) is 10.7 Å². The Kier molecular flexibility index (Phi) is 3.93. The van der Waals surface area contributed by atoms with Crippen LogP contribution in [-0.4, -0.2) is 5.91 Å². The molecule has 0 radical (unpaired) electrons. The molecule has 0 heterocycles. The number of nitrogen functional groups attached to an aromatic ring is 1. The standard InChI is InChI=1S/C14H11FN4O/c15-11-7-9(8-16)5-6-13(11)18-14(20)10-3-1-2-4-12(10)19-17/h1-7,19H,17H2,(H,18,20). The van der Waals surface area contributed by atoms with E-state index < -0.39 is 11.7 Å². The predicted molar refractivity (Wildman–Crippen MR) is 73.3 cm³/mol. The van der Waals surface area contributed by atoms with E-state index in [0.29, 0.717) is 11.3 Å². The molecule has 5 nitrogen and oxygen atoms in total. The number of carbonyl (C=O) groups is 1. The van der Waals surface area contributed by atoms with Gasteiger partial charge in [0.15, 0.2) is 0 Å². The zero-order chi connectivity index (χ0) is 14.5. The third-order valence-corrected chi connectivity index (χ3v) is 2.67. The molecule has 100 valence electrons. The molecule has 0 unspecified atom stereocenters. The summed E-state index contributed by atoms with van der Waals surface area (Å²) in [5.41, 5.74) is 3.30. The van der Waals surface area contributed by atoms with E-state index in [1.54, 1.807) is 24.3 Å². The van der Waals surface area contributed by atoms with Crippen molar-refractivity contribution in [1.82, 2.24) is 0 Å². The van der Waals surface area contributed by atoms with Crippen molar-refractivity contribution >= 4 is 17.3 Å². The van der Waals surface area contributed by atoms with E-state index in [1.165, 1.54) is 12.1 Å². The quantitative estimate of drug-likeness (QED) is 0.589. The van der Waals surface area contributed by atoms with Crippen LogP contribution in [0.25, 0.3) is 0 Å². The number of nitrogens with zero attached hydrogens (tertiary/aromatic N) is 1. The van der Waals surface area contributed by atoms with Gasteiger partial charge in [-0.1, -0.05) is 12.1 Å². The summed E-state index contributed by atoms with van der Waals surface area (Å²) in [5.74, 6) is 4.14. The van der Waals surface area contributed by atoms with Gasteiger partial charge in [-0.2, -0.15) is 5.26 Å². The monoisotopic (exact) mass is 270 g/mol. The molecule has 2 aromatic carbocycles. The van der Waals surface area contributed by atoms with E-state index in [1.807, 2.05) is 6.07 Å². The maximum atomic E-state index is 13.7. The number of amides is 1. The van der Waals surface area contributed by atoms with Gasteiger partial charge in [0.1, 0.15) is 5.82 Å². The molecule has 0 aromatic heterocycles. The summed E-state index contributed by atoms with van der Waals surface area (Å²) >= 11 is 0. The second-order valence-electron chi connectivity index (χ2n) is 3.95. The lowest BCUT2D eigenvalue weighted by molar-refractivity contribution is 0.102. The van der Waals surface area contributed by atoms with Gasteiger partial charge in [0.05, 0.1) is 28.6 Å². The van der Waals surface area contributed by atoms with Crippen molar-refractivity contribution in [3.8, 4) is 6.07 Å². The normalized spacial score (nSPS) is 9.65. The molecule has 4 N–H and O–H groups in total. The summed E-state index contributed by atoms with van der Waals surface area (Å²) in [6.45, 7) is 0. The molecular weight excluding hydrogens is 259 g/mol. The second kappa shape index (κ2) is 5.82. The maximum absolute atomic E-state index is 13.7. The van der Waals surface area contributed by atoms with Gasteiger partial charge in [-0.25, -0.2) is 4.39 Å². The van der Waals surface area contributed by atoms with Gasteiger partial charge in [-0.3, -0.25) is 10.6 Å². The number of nitrogens with two attached hydrogens (primary N) is 1. The summed E-state index contributed by atoms with van der Waals surface area (Å²) < 4.78 is 13.7. The lowest BCUT2D eigenvalue weighted by Crippen LogP contribution is -2.17. The largest absolute Gasteiger partial charge is 0.323 e. The predicted octanol–water partition coefficient (Wildman–Crippen LogP) is 2.24. The van der Waals surface area contributed by atoms with Crippen molar-refractivity contribution in [2.45, 2.75) is 0 Å². The number of hydrazine groups is 1. The zero-order valence-corrected chi connectivity index (χ0v) is 10.4. The minimum atomic E-state index is -0.671. The second-order valence-corrected chi connectivity index (χ2v) is 3.95. The molecule has 0 fully saturated rings. The van der Waals surface area contributed by atoms with Crippen LogP contribution in [0.1, 0.15) is 15.9 Å². The third kappa shape index (κ3) is 2.74. The van der Waals surface area contributed by atoms with Crippen LogP contribution in [0, 0.1) is 17.1 Å². The minimum absolute atomic E-state index is 0.000763. The minimum Gasteiger partial charge on any atom is -0.323 e. The lowest BCUT2D eigenvalue weighted by atomic mass is 10.1. The fraction of sp³-hybridized carbons (Fsp3) is 0. The highest BCUT2D eigenvalue weighted by Crippen LogP contribution is 2.19. The number of hydrogen-bond donors (Lipinski definition) is 3. The molecule has 1 amide bonds. The molecule has 0 spiro atoms. The van der Waals surface area contributed by atoms with Crippen molar-refractivity contribution in [1.29, 1.82) is 5.26 Å². The maximum Gasteiger partial charge on any atom is 0.257 e. The van der Waals surface area contributed by atoms with Gasteiger partial charge >= 0.3 is 0 Å². The van der Waals surface area contributed by atoms with E-state index in [0.717, 1.165) is 6.07 Å². The van der Waals surface area contributed by atoms with Gasteiger partial charge in [0.2, 0.25) is 0 Å². The molecule has 6 heteroatoms. The Morgan fingerprint density at radius 2 is 1.95 bits per heavy atom. The lowest BCUT2D eigenvalue weighted by Gasteiger charge is -2.10. The molecule has 0 saturated heterocycles. The highest BCUT2D eigenvalue weighted by Gasteiger charge is 2.12. The first-order valence-corrected chi connectivity index (χ1v) is 5.72. The van der Waals surface area contributed by atoms with E-state index >= 15 is 0 Å². The van der Waals surface area contributed by atoms with Gasteiger partial charge in [0, 0.05) is 0 Å². The molecule has 0 aliphatic rings. The van der Waals surface area contributed by atoms with Gasteiger partial charge in [-0.15, -0.1) is 0 Å². The number of anilines is 2. The van der Waals surface area contributed by atoms with Crippen LogP contribution in [0.15, 0.2) is 42.5 Å². The van der Waals surface area contributed by atoms with Crippen molar-refractivity contribution in [3.05, 3.63) is 59.4 Å². The van der Waals surface area contributed by atoms with Crippen LogP contribution in [0.3, 0.4) is 0 Å². The molecule has 2 rings (SSSR count). The van der Waals surface area contributed by atoms with Crippen LogP contribution in [0.2, 0.25) is 0 Å². The number of halogens is 1. The van der Waals surface area contributed by atoms with Crippen LogP contribution in [0.4, 0.5) is 15.8 Å². The number of carbonyl (C=O) groups excluding carboxylic acids is 1. The fourth-order valence-electron chi connectivity index (χ4n) is 1.68. The smallest absolute Gasteiger partial charge is 0.257 e. The number of para-hydroxylation sites is 1. The molecule has 0 atom stereocenters.